The molecule has 0 atom stereocenters. The highest BCUT2D eigenvalue weighted by Gasteiger charge is 2.17. The van der Waals surface area contributed by atoms with Crippen LogP contribution in [-0.2, 0) is 0 Å². The van der Waals surface area contributed by atoms with Gasteiger partial charge in [0.25, 0.3) is 0 Å². The lowest BCUT2D eigenvalue weighted by Crippen LogP contribution is -2.30. The van der Waals surface area contributed by atoms with Crippen LogP contribution in [0.1, 0.15) is 42.5 Å². The van der Waals surface area contributed by atoms with Gasteiger partial charge in [-0.15, -0.1) is 0 Å². The lowest BCUT2D eigenvalue weighted by atomic mass is 9.95. The second kappa shape index (κ2) is 7.88. The van der Waals surface area contributed by atoms with Crippen molar-refractivity contribution in [3.8, 4) is 0 Å². The number of nitrogen functional groups attached to an aromatic ring is 1. The highest BCUT2D eigenvalue weighted by molar-refractivity contribution is 6.13. The predicted octanol–water partition coefficient (Wildman–Crippen LogP) is 2.84. The molecule has 1 aromatic heterocycles. The van der Waals surface area contributed by atoms with E-state index in [-0.39, 0.29) is 0 Å². The Morgan fingerprint density at radius 2 is 1.96 bits per heavy atom. The van der Waals surface area contributed by atoms with Crippen molar-refractivity contribution in [2.45, 2.75) is 25.7 Å². The fourth-order valence-corrected chi connectivity index (χ4v) is 3.77. The number of nitrogens with two attached hydrogens (primary N) is 1. The van der Waals surface area contributed by atoms with E-state index < -0.39 is 0 Å². The minimum absolute atomic E-state index is 0.351. The molecule has 0 unspecified atom stereocenters. The smallest absolute Gasteiger partial charge is 0.132 e. The van der Waals surface area contributed by atoms with Gasteiger partial charge in [-0.3, -0.25) is 5.41 Å². The average Bonchev–Trinajstić information content (AvgIpc) is 2.75. The van der Waals surface area contributed by atoms with Crippen molar-refractivity contribution >= 4 is 22.8 Å². The van der Waals surface area contributed by atoms with Gasteiger partial charge in [-0.2, -0.15) is 0 Å². The van der Waals surface area contributed by atoms with Crippen molar-refractivity contribution in [3.63, 3.8) is 0 Å². The van der Waals surface area contributed by atoms with Gasteiger partial charge < -0.3 is 16.0 Å². The number of anilines is 2. The Labute approximate surface area is 160 Å². The van der Waals surface area contributed by atoms with Gasteiger partial charge in [-0.05, 0) is 55.5 Å². The van der Waals surface area contributed by atoms with Crippen molar-refractivity contribution in [1.29, 1.82) is 5.41 Å². The van der Waals surface area contributed by atoms with E-state index in [0.717, 1.165) is 49.5 Å². The Morgan fingerprint density at radius 3 is 2.74 bits per heavy atom. The molecule has 0 radical (unpaired) electrons. The van der Waals surface area contributed by atoms with Gasteiger partial charge in [0.2, 0.25) is 0 Å². The summed E-state index contributed by atoms with van der Waals surface area (Å²) in [5.74, 6) is 0.903. The third-order valence-electron chi connectivity index (χ3n) is 5.35. The second-order valence-electron chi connectivity index (χ2n) is 7.17. The molecule has 0 aliphatic carbocycles. The van der Waals surface area contributed by atoms with Gasteiger partial charge in [0.05, 0.1) is 11.4 Å². The summed E-state index contributed by atoms with van der Waals surface area (Å²) in [6, 6.07) is 7.89. The molecule has 3 heterocycles. The molecule has 0 saturated carbocycles. The Balaban J connectivity index is 1.63. The normalized spacial score (nSPS) is 17.5. The standard InChI is InChI=1S/C21H26N6/c22-18-5-4-16(15-6-8-24-9-7-15)12-17(18)21(23)19-13-20(26-14-25-19)27-10-2-1-3-11-27/h4-6,12-14,23-24H,1-3,7-11,22H2. The first kappa shape index (κ1) is 17.7. The monoisotopic (exact) mass is 362 g/mol. The van der Waals surface area contributed by atoms with E-state index in [9.17, 15) is 0 Å². The van der Waals surface area contributed by atoms with Crippen molar-refractivity contribution < 1.29 is 0 Å². The van der Waals surface area contributed by atoms with Crippen LogP contribution in [0, 0.1) is 5.41 Å². The third-order valence-corrected chi connectivity index (χ3v) is 5.35. The van der Waals surface area contributed by atoms with Crippen LogP contribution in [-0.4, -0.2) is 41.9 Å². The molecule has 1 saturated heterocycles. The lowest BCUT2D eigenvalue weighted by molar-refractivity contribution is 0.573. The number of nitrogens with one attached hydrogen (secondary N) is 2. The van der Waals surface area contributed by atoms with Crippen LogP contribution in [0.5, 0.6) is 0 Å². The maximum atomic E-state index is 8.71. The summed E-state index contributed by atoms with van der Waals surface area (Å²) >= 11 is 0. The van der Waals surface area contributed by atoms with E-state index in [1.54, 1.807) is 6.33 Å². The summed E-state index contributed by atoms with van der Waals surface area (Å²) in [6.45, 7) is 3.90. The van der Waals surface area contributed by atoms with Gasteiger partial charge >= 0.3 is 0 Å². The minimum Gasteiger partial charge on any atom is -0.398 e. The minimum atomic E-state index is 0.351. The van der Waals surface area contributed by atoms with Gasteiger partial charge in [0, 0.05) is 37.0 Å². The third kappa shape index (κ3) is 3.85. The molecular weight excluding hydrogens is 336 g/mol. The van der Waals surface area contributed by atoms with Gasteiger partial charge in [0.15, 0.2) is 0 Å². The van der Waals surface area contributed by atoms with Crippen LogP contribution in [0.25, 0.3) is 5.57 Å². The summed E-state index contributed by atoms with van der Waals surface area (Å²) in [4.78, 5) is 11.1. The summed E-state index contributed by atoms with van der Waals surface area (Å²) in [6.07, 6.45) is 8.42. The quantitative estimate of drug-likeness (QED) is 0.575. The van der Waals surface area contributed by atoms with Crippen LogP contribution >= 0.6 is 0 Å². The van der Waals surface area contributed by atoms with E-state index >= 15 is 0 Å². The molecule has 0 bridgehead atoms. The number of aromatic nitrogens is 2. The molecular formula is C21H26N6. The molecule has 140 valence electrons. The van der Waals surface area contributed by atoms with Crippen molar-refractivity contribution in [3.05, 3.63) is 53.5 Å². The zero-order valence-electron chi connectivity index (χ0n) is 15.5. The first-order valence-electron chi connectivity index (χ1n) is 9.68. The molecule has 2 aliphatic heterocycles. The topological polar surface area (TPSA) is 90.9 Å². The molecule has 4 rings (SSSR count). The van der Waals surface area contributed by atoms with Crippen LogP contribution in [0.3, 0.4) is 0 Å². The van der Waals surface area contributed by atoms with E-state index in [1.165, 1.54) is 24.8 Å². The first-order valence-corrected chi connectivity index (χ1v) is 9.68. The van der Waals surface area contributed by atoms with Crippen molar-refractivity contribution in [2.24, 2.45) is 0 Å². The SMILES string of the molecule is N=C(c1cc(N2CCCCC2)ncn1)c1cc(C2=CCNCC2)ccc1N. The summed E-state index contributed by atoms with van der Waals surface area (Å²) in [7, 11) is 0. The molecule has 4 N–H and O–H groups in total. The van der Waals surface area contributed by atoms with E-state index in [4.69, 9.17) is 11.1 Å². The Kier molecular flexibility index (Phi) is 5.16. The van der Waals surface area contributed by atoms with Gasteiger partial charge in [-0.1, -0.05) is 12.1 Å². The Morgan fingerprint density at radius 1 is 1.11 bits per heavy atom. The molecule has 6 heteroatoms. The number of hydrogen-bond acceptors (Lipinski definition) is 6. The summed E-state index contributed by atoms with van der Waals surface area (Å²) in [5, 5.41) is 12.0. The fourth-order valence-electron chi connectivity index (χ4n) is 3.77. The number of benzene rings is 1. The number of piperidine rings is 1. The van der Waals surface area contributed by atoms with Gasteiger partial charge in [-0.25, -0.2) is 9.97 Å². The maximum Gasteiger partial charge on any atom is 0.132 e. The lowest BCUT2D eigenvalue weighted by Gasteiger charge is -2.27. The summed E-state index contributed by atoms with van der Waals surface area (Å²) in [5.41, 5.74) is 11.0. The highest BCUT2D eigenvalue weighted by Crippen LogP contribution is 2.26. The fraction of sp³-hybridized carbons (Fsp3) is 0.381. The summed E-state index contributed by atoms with van der Waals surface area (Å²) < 4.78 is 0. The van der Waals surface area contributed by atoms with Gasteiger partial charge in [0.1, 0.15) is 12.1 Å². The van der Waals surface area contributed by atoms with Crippen molar-refractivity contribution in [1.82, 2.24) is 15.3 Å². The second-order valence-corrected chi connectivity index (χ2v) is 7.17. The number of hydrogen-bond donors (Lipinski definition) is 3. The molecule has 27 heavy (non-hydrogen) atoms. The van der Waals surface area contributed by atoms with E-state index in [0.29, 0.717) is 17.1 Å². The molecule has 2 aliphatic rings. The molecule has 0 spiro atoms. The Bertz CT molecular complexity index is 867. The zero-order chi connectivity index (χ0) is 18.6. The average molecular weight is 362 g/mol. The number of rotatable bonds is 4. The highest BCUT2D eigenvalue weighted by atomic mass is 15.2. The van der Waals surface area contributed by atoms with E-state index in [1.807, 2.05) is 24.3 Å². The molecule has 6 nitrogen and oxygen atoms in total. The Hall–Kier alpha value is -2.73. The molecule has 2 aromatic rings. The van der Waals surface area contributed by atoms with Crippen LogP contribution in [0.4, 0.5) is 11.5 Å². The number of nitrogens with zero attached hydrogens (tertiary/aromatic N) is 3. The maximum absolute atomic E-state index is 8.71. The molecule has 1 aromatic carbocycles. The van der Waals surface area contributed by atoms with Crippen LogP contribution < -0.4 is 16.0 Å². The molecule has 0 amide bonds. The van der Waals surface area contributed by atoms with E-state index in [2.05, 4.69) is 26.3 Å². The predicted molar refractivity (Wildman–Crippen MR) is 110 cm³/mol. The van der Waals surface area contributed by atoms with Crippen LogP contribution in [0.2, 0.25) is 0 Å². The zero-order valence-corrected chi connectivity index (χ0v) is 15.5. The van der Waals surface area contributed by atoms with Crippen LogP contribution in [0.15, 0.2) is 36.7 Å². The largest absolute Gasteiger partial charge is 0.398 e. The molecule has 1 fully saturated rings. The van der Waals surface area contributed by atoms with Crippen molar-refractivity contribution in [2.75, 3.05) is 36.8 Å². The first-order chi connectivity index (χ1) is 13.2.